The summed E-state index contributed by atoms with van der Waals surface area (Å²) in [6, 6.07) is 14.5. The van der Waals surface area contributed by atoms with Gasteiger partial charge in [-0.15, -0.1) is 0 Å². The summed E-state index contributed by atoms with van der Waals surface area (Å²) >= 11 is 1.53. The van der Waals surface area contributed by atoms with E-state index in [9.17, 15) is 9.18 Å². The molecule has 0 aliphatic heterocycles. The van der Waals surface area contributed by atoms with E-state index in [1.165, 1.54) is 23.5 Å². The molecule has 1 saturated carbocycles. The van der Waals surface area contributed by atoms with Gasteiger partial charge >= 0.3 is 0 Å². The number of thiazole rings is 1. The topological polar surface area (TPSA) is 51.0 Å². The SMILES string of the molecule is O=C(c1cnn(-c2nc3ccccc3s2)c1)N(Cc1cccc(F)c1)C1CC1. The third-order valence-corrected chi connectivity index (χ3v) is 5.82. The van der Waals surface area contributed by atoms with Gasteiger partial charge in [0.25, 0.3) is 5.91 Å². The van der Waals surface area contributed by atoms with Gasteiger partial charge in [0.05, 0.1) is 22.0 Å². The largest absolute Gasteiger partial charge is 0.331 e. The van der Waals surface area contributed by atoms with Gasteiger partial charge in [-0.05, 0) is 42.7 Å². The molecule has 28 heavy (non-hydrogen) atoms. The van der Waals surface area contributed by atoms with Gasteiger partial charge in [-0.1, -0.05) is 35.6 Å². The van der Waals surface area contributed by atoms with Gasteiger partial charge in [0.2, 0.25) is 5.13 Å². The highest BCUT2D eigenvalue weighted by Gasteiger charge is 2.33. The number of amides is 1. The molecule has 0 bridgehead atoms. The summed E-state index contributed by atoms with van der Waals surface area (Å²) in [6.45, 7) is 0.396. The summed E-state index contributed by atoms with van der Waals surface area (Å²) in [6.07, 6.45) is 5.26. The lowest BCUT2D eigenvalue weighted by molar-refractivity contribution is 0.0729. The van der Waals surface area contributed by atoms with Gasteiger partial charge in [0.1, 0.15) is 5.82 Å². The van der Waals surface area contributed by atoms with Gasteiger partial charge in [-0.25, -0.2) is 14.1 Å². The average Bonchev–Trinajstić information content (AvgIpc) is 3.25. The number of hydrogen-bond acceptors (Lipinski definition) is 4. The van der Waals surface area contributed by atoms with Crippen LogP contribution in [0, 0.1) is 5.82 Å². The first-order valence-corrected chi connectivity index (χ1v) is 9.95. The molecule has 1 aliphatic carbocycles. The number of carbonyl (C=O) groups is 1. The fraction of sp³-hybridized carbons (Fsp3) is 0.190. The maximum absolute atomic E-state index is 13.5. The Bertz CT molecular complexity index is 1130. The van der Waals surface area contributed by atoms with E-state index < -0.39 is 0 Å². The van der Waals surface area contributed by atoms with Gasteiger partial charge in [-0.2, -0.15) is 5.10 Å². The fourth-order valence-electron chi connectivity index (χ4n) is 3.25. The Morgan fingerprint density at radius 2 is 2.07 bits per heavy atom. The molecule has 5 rings (SSSR count). The molecule has 7 heteroatoms. The van der Waals surface area contributed by atoms with Crippen molar-refractivity contribution in [2.75, 3.05) is 0 Å². The van der Waals surface area contributed by atoms with Crippen molar-refractivity contribution < 1.29 is 9.18 Å². The summed E-state index contributed by atoms with van der Waals surface area (Å²) in [5, 5.41) is 5.07. The summed E-state index contributed by atoms with van der Waals surface area (Å²) in [7, 11) is 0. The van der Waals surface area contributed by atoms with Crippen LogP contribution in [-0.4, -0.2) is 31.6 Å². The zero-order valence-electron chi connectivity index (χ0n) is 15.0. The fourth-order valence-corrected chi connectivity index (χ4v) is 4.15. The third-order valence-electron chi connectivity index (χ3n) is 4.80. The molecule has 0 unspecified atom stereocenters. The molecule has 1 amide bonds. The van der Waals surface area contributed by atoms with E-state index in [0.29, 0.717) is 12.1 Å². The van der Waals surface area contributed by atoms with Gasteiger partial charge in [-0.3, -0.25) is 4.79 Å². The minimum absolute atomic E-state index is 0.0841. The molecule has 0 N–H and O–H groups in total. The van der Waals surface area contributed by atoms with Crippen molar-refractivity contribution in [2.24, 2.45) is 0 Å². The zero-order chi connectivity index (χ0) is 19.1. The van der Waals surface area contributed by atoms with Crippen molar-refractivity contribution in [3.05, 3.63) is 77.9 Å². The normalized spacial score (nSPS) is 13.8. The Morgan fingerprint density at radius 3 is 2.86 bits per heavy atom. The minimum atomic E-state index is -0.288. The van der Waals surface area contributed by atoms with Crippen LogP contribution >= 0.6 is 11.3 Å². The van der Waals surface area contributed by atoms with E-state index in [4.69, 9.17) is 0 Å². The highest BCUT2D eigenvalue weighted by molar-refractivity contribution is 7.20. The molecular weight excluding hydrogens is 375 g/mol. The minimum Gasteiger partial charge on any atom is -0.331 e. The predicted octanol–water partition coefficient (Wildman–Crippen LogP) is 4.43. The highest BCUT2D eigenvalue weighted by atomic mass is 32.1. The maximum atomic E-state index is 13.5. The zero-order valence-corrected chi connectivity index (χ0v) is 15.8. The van der Waals surface area contributed by atoms with Crippen LogP contribution in [0.3, 0.4) is 0 Å². The van der Waals surface area contributed by atoms with Crippen LogP contribution in [-0.2, 0) is 6.54 Å². The molecule has 2 aromatic heterocycles. The van der Waals surface area contributed by atoms with E-state index >= 15 is 0 Å². The van der Waals surface area contributed by atoms with Gasteiger partial charge in [0.15, 0.2) is 0 Å². The number of nitrogens with zero attached hydrogens (tertiary/aromatic N) is 4. The van der Waals surface area contributed by atoms with Crippen molar-refractivity contribution in [3.8, 4) is 5.13 Å². The Morgan fingerprint density at radius 1 is 1.21 bits per heavy atom. The van der Waals surface area contributed by atoms with Crippen molar-refractivity contribution in [3.63, 3.8) is 0 Å². The number of aromatic nitrogens is 3. The molecule has 2 heterocycles. The number of rotatable bonds is 5. The Hall–Kier alpha value is -3.06. The smallest absolute Gasteiger partial charge is 0.257 e. The molecule has 0 radical (unpaired) electrons. The number of hydrogen-bond donors (Lipinski definition) is 0. The monoisotopic (exact) mass is 392 g/mol. The molecule has 140 valence electrons. The van der Waals surface area contributed by atoms with E-state index in [1.807, 2.05) is 35.2 Å². The van der Waals surface area contributed by atoms with Crippen molar-refractivity contribution >= 4 is 27.5 Å². The van der Waals surface area contributed by atoms with E-state index in [2.05, 4.69) is 10.1 Å². The van der Waals surface area contributed by atoms with Crippen molar-refractivity contribution in [1.29, 1.82) is 0 Å². The predicted molar refractivity (Wildman–Crippen MR) is 106 cm³/mol. The van der Waals surface area contributed by atoms with E-state index in [-0.39, 0.29) is 17.8 Å². The summed E-state index contributed by atoms with van der Waals surface area (Å²) in [4.78, 5) is 19.5. The van der Waals surface area contributed by atoms with E-state index in [1.54, 1.807) is 23.1 Å². The lowest BCUT2D eigenvalue weighted by Gasteiger charge is -2.22. The van der Waals surface area contributed by atoms with E-state index in [0.717, 1.165) is 33.8 Å². The van der Waals surface area contributed by atoms with Crippen LogP contribution in [0.2, 0.25) is 0 Å². The van der Waals surface area contributed by atoms with Gasteiger partial charge < -0.3 is 4.90 Å². The van der Waals surface area contributed by atoms with Crippen LogP contribution in [0.5, 0.6) is 0 Å². The van der Waals surface area contributed by atoms with Crippen molar-refractivity contribution in [2.45, 2.75) is 25.4 Å². The lowest BCUT2D eigenvalue weighted by Crippen LogP contribution is -2.32. The maximum Gasteiger partial charge on any atom is 0.257 e. The Kier molecular flexibility index (Phi) is 4.16. The second-order valence-electron chi connectivity index (χ2n) is 6.93. The molecule has 0 spiro atoms. The molecule has 0 atom stereocenters. The molecular formula is C21H17FN4OS. The van der Waals surface area contributed by atoms with Crippen LogP contribution in [0.25, 0.3) is 15.3 Å². The average molecular weight is 392 g/mol. The lowest BCUT2D eigenvalue weighted by atomic mass is 10.2. The molecule has 1 aliphatic rings. The summed E-state index contributed by atoms with van der Waals surface area (Å²) in [5.41, 5.74) is 2.22. The Balaban J connectivity index is 1.41. The summed E-state index contributed by atoms with van der Waals surface area (Å²) < 4.78 is 16.2. The number of para-hydroxylation sites is 1. The first kappa shape index (κ1) is 17.1. The standard InChI is InChI=1S/C21H17FN4OS/c22-16-5-3-4-14(10-16)12-25(17-8-9-17)20(27)15-11-23-26(13-15)21-24-18-6-1-2-7-19(18)28-21/h1-7,10-11,13,17H,8-9,12H2. The molecule has 2 aromatic carbocycles. The third kappa shape index (κ3) is 3.29. The molecule has 4 aromatic rings. The number of carbonyl (C=O) groups excluding carboxylic acids is 1. The van der Waals surface area contributed by atoms with Crippen LogP contribution in [0.4, 0.5) is 4.39 Å². The summed E-state index contributed by atoms with van der Waals surface area (Å²) in [5.74, 6) is -0.372. The number of halogens is 1. The number of fused-ring (bicyclic) bond motifs is 1. The molecule has 5 nitrogen and oxygen atoms in total. The van der Waals surface area contributed by atoms with Gasteiger partial charge in [0, 0.05) is 18.8 Å². The van der Waals surface area contributed by atoms with Crippen LogP contribution in [0.1, 0.15) is 28.8 Å². The molecule has 0 saturated heterocycles. The second kappa shape index (κ2) is 6.83. The second-order valence-corrected chi connectivity index (χ2v) is 7.94. The Labute approximate surface area is 165 Å². The quantitative estimate of drug-likeness (QED) is 0.505. The van der Waals surface area contributed by atoms with Crippen molar-refractivity contribution in [1.82, 2.24) is 19.7 Å². The number of benzene rings is 2. The first-order chi connectivity index (χ1) is 13.7. The highest BCUT2D eigenvalue weighted by Crippen LogP contribution is 2.30. The van der Waals surface area contributed by atoms with Crippen LogP contribution < -0.4 is 0 Å². The first-order valence-electron chi connectivity index (χ1n) is 9.13. The van der Waals surface area contributed by atoms with Crippen LogP contribution in [0.15, 0.2) is 60.9 Å². The molecule has 1 fully saturated rings.